The zero-order valence-corrected chi connectivity index (χ0v) is 24.3. The summed E-state index contributed by atoms with van der Waals surface area (Å²) in [5, 5.41) is 7.21. The minimum atomic E-state index is -0.137. The molecule has 4 heteroatoms. The molecular formula is C36H38N2O2. The lowest BCUT2D eigenvalue weighted by molar-refractivity contribution is 0.0980. The second kappa shape index (κ2) is 11.1. The minimum absolute atomic E-state index is 0.137. The first-order valence-electron chi connectivity index (χ1n) is 14.3. The summed E-state index contributed by atoms with van der Waals surface area (Å²) >= 11 is 0. The monoisotopic (exact) mass is 530 g/mol. The van der Waals surface area contributed by atoms with Crippen molar-refractivity contribution >= 4 is 34.3 Å². The Kier molecular flexibility index (Phi) is 7.62. The highest BCUT2D eigenvalue weighted by atomic mass is 16.1. The molecule has 40 heavy (non-hydrogen) atoms. The lowest BCUT2D eigenvalue weighted by Gasteiger charge is -2.26. The third-order valence-electron chi connectivity index (χ3n) is 8.49. The molecule has 0 radical (unpaired) electrons. The third-order valence-corrected chi connectivity index (χ3v) is 8.49. The van der Waals surface area contributed by atoms with Gasteiger partial charge in [-0.15, -0.1) is 0 Å². The van der Waals surface area contributed by atoms with Gasteiger partial charge in [0.1, 0.15) is 0 Å². The largest absolute Gasteiger partial charge is 0.354 e. The number of benzene rings is 4. The zero-order valence-electron chi connectivity index (χ0n) is 24.3. The Labute approximate surface area is 237 Å². The van der Waals surface area contributed by atoms with Crippen LogP contribution in [0.1, 0.15) is 106 Å². The Morgan fingerprint density at radius 3 is 1.35 bits per heavy atom. The SMILES string of the molecule is CCC(C)c1cccc(C)c1Nc1ccc(Nc2c(C)cccc2C(C)CC)c2c1C(=O)c1ccccc1C2=O. The maximum Gasteiger partial charge on any atom is 0.196 e. The number of ketones is 2. The van der Waals surface area contributed by atoms with Gasteiger partial charge in [-0.1, -0.05) is 88.4 Å². The third kappa shape index (κ3) is 4.72. The number of hydrogen-bond donors (Lipinski definition) is 2. The van der Waals surface area contributed by atoms with Gasteiger partial charge in [-0.05, 0) is 72.9 Å². The van der Waals surface area contributed by atoms with Gasteiger partial charge in [0.05, 0.1) is 22.5 Å². The van der Waals surface area contributed by atoms with Crippen LogP contribution in [0.4, 0.5) is 22.7 Å². The summed E-state index contributed by atoms with van der Waals surface area (Å²) in [6.07, 6.45) is 2.00. The fourth-order valence-corrected chi connectivity index (χ4v) is 5.68. The van der Waals surface area contributed by atoms with Crippen LogP contribution in [0.2, 0.25) is 0 Å². The minimum Gasteiger partial charge on any atom is -0.354 e. The van der Waals surface area contributed by atoms with Crippen molar-refractivity contribution in [1.29, 1.82) is 0 Å². The first-order valence-corrected chi connectivity index (χ1v) is 14.3. The van der Waals surface area contributed by atoms with E-state index >= 15 is 0 Å². The van der Waals surface area contributed by atoms with Crippen LogP contribution in [-0.2, 0) is 0 Å². The van der Waals surface area contributed by atoms with Crippen molar-refractivity contribution in [2.24, 2.45) is 0 Å². The second-order valence-corrected chi connectivity index (χ2v) is 11.1. The molecule has 0 spiro atoms. The molecule has 0 bridgehead atoms. The van der Waals surface area contributed by atoms with Crippen LogP contribution >= 0.6 is 0 Å². The van der Waals surface area contributed by atoms with Gasteiger partial charge in [0, 0.05) is 22.5 Å². The molecule has 0 heterocycles. The Bertz CT molecular complexity index is 1500. The highest BCUT2D eigenvalue weighted by Gasteiger charge is 2.34. The van der Waals surface area contributed by atoms with Crippen molar-refractivity contribution in [3.05, 3.63) is 117 Å². The van der Waals surface area contributed by atoms with Gasteiger partial charge in [0.25, 0.3) is 0 Å². The van der Waals surface area contributed by atoms with Crippen molar-refractivity contribution in [3.8, 4) is 0 Å². The fraction of sp³-hybridized carbons (Fsp3) is 0.278. The molecular weight excluding hydrogens is 492 g/mol. The quantitative estimate of drug-likeness (QED) is 0.210. The summed E-state index contributed by atoms with van der Waals surface area (Å²) in [6, 6.07) is 23.6. The number of carbonyl (C=O) groups excluding carboxylic acids is 2. The van der Waals surface area contributed by atoms with Crippen molar-refractivity contribution < 1.29 is 9.59 Å². The number of hydrogen-bond acceptors (Lipinski definition) is 4. The highest BCUT2D eigenvalue weighted by molar-refractivity contribution is 6.32. The summed E-state index contributed by atoms with van der Waals surface area (Å²) in [5.74, 6) is 0.415. The van der Waals surface area contributed by atoms with E-state index in [4.69, 9.17) is 0 Å². The van der Waals surface area contributed by atoms with Gasteiger partial charge < -0.3 is 10.6 Å². The molecule has 0 amide bonds. The van der Waals surface area contributed by atoms with Gasteiger partial charge in [0.2, 0.25) is 0 Å². The van der Waals surface area contributed by atoms with Crippen molar-refractivity contribution in [2.75, 3.05) is 10.6 Å². The normalized spacial score (nSPS) is 13.8. The molecule has 1 aliphatic carbocycles. The average Bonchev–Trinajstić information content (AvgIpc) is 2.97. The molecule has 5 rings (SSSR count). The van der Waals surface area contributed by atoms with Crippen molar-refractivity contribution in [3.63, 3.8) is 0 Å². The molecule has 2 N–H and O–H groups in total. The second-order valence-electron chi connectivity index (χ2n) is 11.1. The van der Waals surface area contributed by atoms with E-state index in [0.29, 0.717) is 45.5 Å². The molecule has 2 atom stereocenters. The van der Waals surface area contributed by atoms with Crippen LogP contribution in [0.15, 0.2) is 72.8 Å². The van der Waals surface area contributed by atoms with Crippen LogP contribution in [0.25, 0.3) is 0 Å². The molecule has 4 aromatic carbocycles. The van der Waals surface area contributed by atoms with E-state index in [9.17, 15) is 9.59 Å². The first-order chi connectivity index (χ1) is 19.3. The van der Waals surface area contributed by atoms with E-state index in [1.807, 2.05) is 24.3 Å². The molecule has 2 unspecified atom stereocenters. The van der Waals surface area contributed by atoms with Gasteiger partial charge in [-0.25, -0.2) is 0 Å². The number of aryl methyl sites for hydroxylation is 2. The standard InChI is InChI=1S/C36H38N2O2/c1-7-21(3)25-17-11-13-23(5)33(25)37-29-19-20-30(38-34-24(6)14-12-18-26(34)22(4)8-2)32-31(29)35(39)27-15-9-10-16-28(27)36(32)40/h9-22,37-38H,7-8H2,1-6H3. The molecule has 1 aliphatic rings. The number of anilines is 4. The lowest BCUT2D eigenvalue weighted by Crippen LogP contribution is -2.23. The van der Waals surface area contributed by atoms with E-state index in [1.54, 1.807) is 12.1 Å². The van der Waals surface area contributed by atoms with Crippen LogP contribution < -0.4 is 10.6 Å². The van der Waals surface area contributed by atoms with E-state index in [2.05, 4.69) is 88.6 Å². The predicted molar refractivity (Wildman–Crippen MR) is 166 cm³/mol. The maximum atomic E-state index is 14.1. The van der Waals surface area contributed by atoms with Crippen LogP contribution in [0.3, 0.4) is 0 Å². The first kappa shape index (κ1) is 27.4. The Balaban J connectivity index is 1.71. The van der Waals surface area contributed by atoms with Gasteiger partial charge in [-0.2, -0.15) is 0 Å². The Hall–Kier alpha value is -4.18. The summed E-state index contributed by atoms with van der Waals surface area (Å²) in [5.41, 5.74) is 9.64. The average molecular weight is 531 g/mol. The van der Waals surface area contributed by atoms with Crippen molar-refractivity contribution in [1.82, 2.24) is 0 Å². The number of nitrogens with one attached hydrogen (secondary N) is 2. The number of para-hydroxylation sites is 2. The molecule has 0 saturated heterocycles. The zero-order chi connectivity index (χ0) is 28.6. The molecule has 0 aromatic heterocycles. The Morgan fingerprint density at radius 1 is 0.575 bits per heavy atom. The molecule has 4 nitrogen and oxygen atoms in total. The van der Waals surface area contributed by atoms with E-state index in [0.717, 1.165) is 35.3 Å². The van der Waals surface area contributed by atoms with Gasteiger partial charge >= 0.3 is 0 Å². The van der Waals surface area contributed by atoms with Crippen molar-refractivity contribution in [2.45, 2.75) is 66.2 Å². The van der Waals surface area contributed by atoms with Gasteiger partial charge in [0.15, 0.2) is 11.6 Å². The summed E-state index contributed by atoms with van der Waals surface area (Å²) in [4.78, 5) is 28.2. The highest BCUT2D eigenvalue weighted by Crippen LogP contribution is 2.41. The lowest BCUT2D eigenvalue weighted by atomic mass is 9.82. The van der Waals surface area contributed by atoms with Crippen LogP contribution in [0.5, 0.6) is 0 Å². The fourth-order valence-electron chi connectivity index (χ4n) is 5.68. The number of carbonyl (C=O) groups is 2. The topological polar surface area (TPSA) is 58.2 Å². The van der Waals surface area contributed by atoms with Crippen LogP contribution in [0, 0.1) is 13.8 Å². The number of rotatable bonds is 8. The molecule has 4 aromatic rings. The molecule has 0 saturated carbocycles. The van der Waals surface area contributed by atoms with E-state index in [-0.39, 0.29) is 11.6 Å². The summed E-state index contributed by atoms with van der Waals surface area (Å²) < 4.78 is 0. The van der Waals surface area contributed by atoms with E-state index in [1.165, 1.54) is 11.1 Å². The molecule has 204 valence electrons. The smallest absolute Gasteiger partial charge is 0.196 e. The predicted octanol–water partition coefficient (Wildman–Crippen LogP) is 9.59. The van der Waals surface area contributed by atoms with Gasteiger partial charge in [-0.3, -0.25) is 9.59 Å². The summed E-state index contributed by atoms with van der Waals surface area (Å²) in [7, 11) is 0. The molecule has 0 fully saturated rings. The number of fused-ring (bicyclic) bond motifs is 2. The Morgan fingerprint density at radius 2 is 0.975 bits per heavy atom. The van der Waals surface area contributed by atoms with Crippen LogP contribution in [-0.4, -0.2) is 11.6 Å². The summed E-state index contributed by atoms with van der Waals surface area (Å²) in [6.45, 7) is 12.9. The maximum absolute atomic E-state index is 14.1. The van der Waals surface area contributed by atoms with E-state index < -0.39 is 0 Å². The molecule has 0 aliphatic heterocycles.